The van der Waals surface area contributed by atoms with E-state index in [0.717, 1.165) is 12.0 Å². The molecule has 2 nitrogen and oxygen atoms in total. The summed E-state index contributed by atoms with van der Waals surface area (Å²) in [6, 6.07) is 6.45. The monoisotopic (exact) mass is 280 g/mol. The number of nitrogens with one attached hydrogen (secondary N) is 1. The Morgan fingerprint density at radius 2 is 2.16 bits per heavy atom. The van der Waals surface area contributed by atoms with Gasteiger partial charge in [0.25, 0.3) is 0 Å². The molecule has 1 fully saturated rings. The van der Waals surface area contributed by atoms with Crippen LogP contribution in [0.2, 0.25) is 0 Å². The summed E-state index contributed by atoms with van der Waals surface area (Å²) in [5.41, 5.74) is 0. The molecule has 3 unspecified atom stereocenters. The van der Waals surface area contributed by atoms with Gasteiger partial charge >= 0.3 is 0 Å². The summed E-state index contributed by atoms with van der Waals surface area (Å²) in [7, 11) is 2.31. The van der Waals surface area contributed by atoms with Crippen LogP contribution in [0.1, 0.15) is 38.5 Å². The summed E-state index contributed by atoms with van der Waals surface area (Å²) >= 11 is 1.88. The van der Waals surface area contributed by atoms with E-state index in [-0.39, 0.29) is 0 Å². The smallest absolute Gasteiger partial charge is 0.0136 e. The molecule has 2 rings (SSSR count). The summed E-state index contributed by atoms with van der Waals surface area (Å²) in [5.74, 6) is 0.846. The molecule has 1 aliphatic rings. The van der Waals surface area contributed by atoms with Crippen molar-refractivity contribution in [3.05, 3.63) is 22.4 Å². The zero-order chi connectivity index (χ0) is 13.8. The highest BCUT2D eigenvalue weighted by atomic mass is 32.1. The number of likely N-dealkylation sites (N-methyl/N-ethyl adjacent to an activating group) is 1. The normalized spacial score (nSPS) is 24.7. The lowest BCUT2D eigenvalue weighted by molar-refractivity contribution is 0.0546. The molecule has 1 N–H and O–H groups in total. The number of nitrogens with zero attached hydrogens (tertiary/aromatic N) is 1. The third kappa shape index (κ3) is 4.04. The van der Waals surface area contributed by atoms with E-state index >= 15 is 0 Å². The van der Waals surface area contributed by atoms with Crippen molar-refractivity contribution in [2.45, 2.75) is 58.2 Å². The van der Waals surface area contributed by atoms with Gasteiger partial charge < -0.3 is 10.2 Å². The first-order chi connectivity index (χ1) is 9.08. The molecule has 1 aromatic rings. The first-order valence-corrected chi connectivity index (χ1v) is 8.43. The molecule has 1 aliphatic carbocycles. The van der Waals surface area contributed by atoms with Crippen LogP contribution in [0.15, 0.2) is 17.5 Å². The molecule has 19 heavy (non-hydrogen) atoms. The summed E-state index contributed by atoms with van der Waals surface area (Å²) in [4.78, 5) is 4.12. The van der Waals surface area contributed by atoms with Gasteiger partial charge in [-0.1, -0.05) is 19.9 Å². The molecular formula is C16H28N2S. The fourth-order valence-electron chi connectivity index (χ4n) is 2.90. The Labute approximate surface area is 122 Å². The highest BCUT2D eigenvalue weighted by molar-refractivity contribution is 7.09. The van der Waals surface area contributed by atoms with Gasteiger partial charge in [-0.2, -0.15) is 0 Å². The minimum Gasteiger partial charge on any atom is -0.314 e. The molecule has 0 spiro atoms. The van der Waals surface area contributed by atoms with Crippen molar-refractivity contribution in [2.24, 2.45) is 5.92 Å². The van der Waals surface area contributed by atoms with Gasteiger partial charge in [0.1, 0.15) is 0 Å². The highest BCUT2D eigenvalue weighted by Crippen LogP contribution is 2.32. The van der Waals surface area contributed by atoms with Gasteiger partial charge in [0, 0.05) is 23.0 Å². The average molecular weight is 280 g/mol. The van der Waals surface area contributed by atoms with Crippen molar-refractivity contribution in [1.82, 2.24) is 10.2 Å². The largest absolute Gasteiger partial charge is 0.314 e. The molecule has 1 heterocycles. The zero-order valence-corrected chi connectivity index (χ0v) is 13.5. The SMILES string of the molecule is CC(C)NCC1CCC1N(C)C(C)Cc1cccs1. The Balaban J connectivity index is 1.80. The van der Waals surface area contributed by atoms with E-state index in [1.165, 1.54) is 30.7 Å². The van der Waals surface area contributed by atoms with E-state index in [1.807, 2.05) is 11.3 Å². The topological polar surface area (TPSA) is 15.3 Å². The maximum absolute atomic E-state index is 3.59. The summed E-state index contributed by atoms with van der Waals surface area (Å²) in [6.45, 7) is 8.01. The van der Waals surface area contributed by atoms with Crippen LogP contribution in [0, 0.1) is 5.92 Å². The van der Waals surface area contributed by atoms with Gasteiger partial charge in [-0.05, 0) is 57.1 Å². The van der Waals surface area contributed by atoms with Crippen molar-refractivity contribution in [1.29, 1.82) is 0 Å². The minimum atomic E-state index is 0.607. The Morgan fingerprint density at radius 3 is 2.68 bits per heavy atom. The molecule has 108 valence electrons. The van der Waals surface area contributed by atoms with E-state index < -0.39 is 0 Å². The van der Waals surface area contributed by atoms with Gasteiger partial charge in [-0.25, -0.2) is 0 Å². The molecule has 1 aromatic heterocycles. The predicted molar refractivity (Wildman–Crippen MR) is 84.9 cm³/mol. The maximum atomic E-state index is 3.59. The standard InChI is InChI=1S/C16H28N2S/c1-12(2)17-11-14-7-8-16(14)18(4)13(3)10-15-6-5-9-19-15/h5-6,9,12-14,16-17H,7-8,10-11H2,1-4H3. The number of thiophene rings is 1. The van der Waals surface area contributed by atoms with Gasteiger partial charge in [-0.15, -0.1) is 11.3 Å². The lowest BCUT2D eigenvalue weighted by Crippen LogP contribution is -2.52. The summed E-state index contributed by atoms with van der Waals surface area (Å²) in [5, 5.41) is 5.77. The van der Waals surface area contributed by atoms with Crippen LogP contribution < -0.4 is 5.32 Å². The number of rotatable bonds is 7. The maximum Gasteiger partial charge on any atom is 0.0136 e. The molecule has 0 aliphatic heterocycles. The van der Waals surface area contributed by atoms with Crippen molar-refractivity contribution in [3.8, 4) is 0 Å². The zero-order valence-electron chi connectivity index (χ0n) is 12.7. The second-order valence-corrected chi connectivity index (χ2v) is 7.30. The van der Waals surface area contributed by atoms with Crippen LogP contribution in [0.25, 0.3) is 0 Å². The Kier molecular flexibility index (Phi) is 5.43. The van der Waals surface area contributed by atoms with Gasteiger partial charge in [0.05, 0.1) is 0 Å². The van der Waals surface area contributed by atoms with E-state index in [1.54, 1.807) is 0 Å². The predicted octanol–water partition coefficient (Wildman–Crippen LogP) is 3.39. The molecule has 0 aromatic carbocycles. The Bertz CT molecular complexity index is 361. The van der Waals surface area contributed by atoms with E-state index in [4.69, 9.17) is 0 Å². The van der Waals surface area contributed by atoms with Crippen molar-refractivity contribution < 1.29 is 0 Å². The van der Waals surface area contributed by atoms with Crippen LogP contribution in [-0.4, -0.2) is 36.6 Å². The fourth-order valence-corrected chi connectivity index (χ4v) is 3.73. The van der Waals surface area contributed by atoms with Gasteiger partial charge in [-0.3, -0.25) is 0 Å². The molecule has 1 saturated carbocycles. The molecule has 0 saturated heterocycles. The summed E-state index contributed by atoms with van der Waals surface area (Å²) in [6.07, 6.45) is 3.95. The van der Waals surface area contributed by atoms with Gasteiger partial charge in [0.2, 0.25) is 0 Å². The summed E-state index contributed by atoms with van der Waals surface area (Å²) < 4.78 is 0. The van der Waals surface area contributed by atoms with E-state index in [0.29, 0.717) is 12.1 Å². The van der Waals surface area contributed by atoms with Gasteiger partial charge in [0.15, 0.2) is 0 Å². The van der Waals surface area contributed by atoms with Crippen LogP contribution >= 0.6 is 11.3 Å². The van der Waals surface area contributed by atoms with Crippen molar-refractivity contribution in [3.63, 3.8) is 0 Å². The number of hydrogen-bond acceptors (Lipinski definition) is 3. The second kappa shape index (κ2) is 6.87. The molecule has 0 bridgehead atoms. The molecule has 0 radical (unpaired) electrons. The second-order valence-electron chi connectivity index (χ2n) is 6.27. The Hall–Kier alpha value is -0.380. The lowest BCUT2D eigenvalue weighted by atomic mass is 9.78. The minimum absolute atomic E-state index is 0.607. The first-order valence-electron chi connectivity index (χ1n) is 7.55. The first kappa shape index (κ1) is 15.0. The molecular weight excluding hydrogens is 252 g/mol. The van der Waals surface area contributed by atoms with E-state index in [2.05, 4.69) is 55.5 Å². The quantitative estimate of drug-likeness (QED) is 0.823. The Morgan fingerprint density at radius 1 is 1.37 bits per heavy atom. The van der Waals surface area contributed by atoms with Crippen LogP contribution in [-0.2, 0) is 6.42 Å². The van der Waals surface area contributed by atoms with Crippen LogP contribution in [0.3, 0.4) is 0 Å². The third-order valence-electron chi connectivity index (χ3n) is 4.46. The third-order valence-corrected chi connectivity index (χ3v) is 5.36. The molecule has 0 amide bonds. The van der Waals surface area contributed by atoms with Crippen molar-refractivity contribution in [2.75, 3.05) is 13.6 Å². The van der Waals surface area contributed by atoms with Crippen LogP contribution in [0.5, 0.6) is 0 Å². The lowest BCUT2D eigenvalue weighted by Gasteiger charge is -2.45. The molecule has 3 heteroatoms. The highest BCUT2D eigenvalue weighted by Gasteiger charge is 2.35. The molecule has 3 atom stereocenters. The fraction of sp³-hybridized carbons (Fsp3) is 0.750. The van der Waals surface area contributed by atoms with E-state index in [9.17, 15) is 0 Å². The van der Waals surface area contributed by atoms with Crippen LogP contribution in [0.4, 0.5) is 0 Å². The van der Waals surface area contributed by atoms with Crippen molar-refractivity contribution >= 4 is 11.3 Å². The number of hydrogen-bond donors (Lipinski definition) is 1. The average Bonchev–Trinajstić information content (AvgIpc) is 2.79.